The van der Waals surface area contributed by atoms with Crippen LogP contribution in [0.5, 0.6) is 0 Å². The highest BCUT2D eigenvalue weighted by Gasteiger charge is 2.36. The highest BCUT2D eigenvalue weighted by atomic mass is 35.5. The fourth-order valence-electron chi connectivity index (χ4n) is 2.26. The lowest BCUT2D eigenvalue weighted by Gasteiger charge is -2.37. The van der Waals surface area contributed by atoms with E-state index < -0.39 is 0 Å². The van der Waals surface area contributed by atoms with Crippen LogP contribution in [0.15, 0.2) is 24.3 Å². The van der Waals surface area contributed by atoms with Crippen molar-refractivity contribution in [3.63, 3.8) is 0 Å². The van der Waals surface area contributed by atoms with E-state index in [1.54, 1.807) is 0 Å². The molecule has 0 spiro atoms. The summed E-state index contributed by atoms with van der Waals surface area (Å²) in [6, 6.07) is 8.04. The molecule has 1 aromatic carbocycles. The number of benzene rings is 1. The molecule has 1 aliphatic heterocycles. The molecule has 0 radical (unpaired) electrons. The van der Waals surface area contributed by atoms with Crippen LogP contribution in [-0.2, 0) is 6.54 Å². The Labute approximate surface area is 113 Å². The maximum absolute atomic E-state index is 6.20. The van der Waals surface area contributed by atoms with E-state index in [-0.39, 0.29) is 5.54 Å². The van der Waals surface area contributed by atoms with Gasteiger partial charge in [-0.15, -0.1) is 0 Å². The maximum Gasteiger partial charge on any atom is 0.0451 e. The van der Waals surface area contributed by atoms with Crippen molar-refractivity contribution in [2.45, 2.75) is 18.5 Å². The van der Waals surface area contributed by atoms with Gasteiger partial charge in [-0.2, -0.15) is 11.8 Å². The fourth-order valence-corrected chi connectivity index (χ4v) is 3.99. The zero-order valence-corrected chi connectivity index (χ0v) is 11.7. The zero-order chi connectivity index (χ0) is 12.3. The molecule has 2 N–H and O–H groups in total. The third-order valence-electron chi connectivity index (χ3n) is 3.64. The number of nitrogens with zero attached hydrogens (tertiary/aromatic N) is 1. The Morgan fingerprint density at radius 1 is 1.47 bits per heavy atom. The minimum absolute atomic E-state index is 0.157. The molecule has 1 fully saturated rings. The van der Waals surface area contributed by atoms with Gasteiger partial charge >= 0.3 is 0 Å². The first-order chi connectivity index (χ1) is 8.18. The van der Waals surface area contributed by atoms with Crippen LogP contribution in [0.25, 0.3) is 0 Å². The molecule has 1 atom stereocenters. The Balaban J connectivity index is 2.10. The molecule has 1 saturated heterocycles. The van der Waals surface area contributed by atoms with Crippen LogP contribution in [0.2, 0.25) is 5.02 Å². The van der Waals surface area contributed by atoms with Gasteiger partial charge < -0.3 is 5.73 Å². The minimum Gasteiger partial charge on any atom is -0.329 e. The summed E-state index contributed by atoms with van der Waals surface area (Å²) in [6.45, 7) is 1.60. The van der Waals surface area contributed by atoms with Gasteiger partial charge in [0.05, 0.1) is 0 Å². The molecular weight excluding hydrogens is 252 g/mol. The average molecular weight is 271 g/mol. The van der Waals surface area contributed by atoms with E-state index in [4.69, 9.17) is 17.3 Å². The lowest BCUT2D eigenvalue weighted by Crippen LogP contribution is -2.51. The SMILES string of the molecule is CN(Cc1ccccc1Cl)C1(CN)CCSC1. The highest BCUT2D eigenvalue weighted by Crippen LogP contribution is 2.33. The van der Waals surface area contributed by atoms with E-state index in [1.807, 2.05) is 30.0 Å². The second-order valence-corrected chi connectivity index (χ2v) is 6.19. The third kappa shape index (κ3) is 2.79. The molecule has 0 amide bonds. The van der Waals surface area contributed by atoms with Gasteiger partial charge in [-0.3, -0.25) is 4.90 Å². The predicted octanol–water partition coefficient (Wildman–Crippen LogP) is 2.61. The third-order valence-corrected chi connectivity index (χ3v) is 5.24. The molecule has 0 aromatic heterocycles. The van der Waals surface area contributed by atoms with Gasteiger partial charge in [-0.05, 0) is 30.9 Å². The minimum atomic E-state index is 0.157. The lowest BCUT2D eigenvalue weighted by molar-refractivity contribution is 0.143. The van der Waals surface area contributed by atoms with Crippen molar-refractivity contribution in [3.8, 4) is 0 Å². The van der Waals surface area contributed by atoms with Crippen molar-refractivity contribution in [3.05, 3.63) is 34.9 Å². The van der Waals surface area contributed by atoms with Crippen molar-refractivity contribution >= 4 is 23.4 Å². The molecule has 2 rings (SSSR count). The first-order valence-corrected chi connectivity index (χ1v) is 7.44. The molecule has 0 bridgehead atoms. The molecule has 1 aromatic rings. The summed E-state index contributed by atoms with van der Waals surface area (Å²) in [5.74, 6) is 2.34. The van der Waals surface area contributed by atoms with Crippen LogP contribution in [0, 0.1) is 0 Å². The predicted molar refractivity (Wildman–Crippen MR) is 76.6 cm³/mol. The van der Waals surface area contributed by atoms with Gasteiger partial charge in [0.25, 0.3) is 0 Å². The second-order valence-electron chi connectivity index (χ2n) is 4.68. The molecular formula is C13H19ClN2S. The average Bonchev–Trinajstić information content (AvgIpc) is 2.82. The molecule has 1 heterocycles. The summed E-state index contributed by atoms with van der Waals surface area (Å²) in [5.41, 5.74) is 7.31. The largest absolute Gasteiger partial charge is 0.329 e. The molecule has 0 aliphatic carbocycles. The zero-order valence-electron chi connectivity index (χ0n) is 10.2. The Hall–Kier alpha value is -0.220. The summed E-state index contributed by atoms with van der Waals surface area (Å²) in [6.07, 6.45) is 1.18. The second kappa shape index (κ2) is 5.61. The van der Waals surface area contributed by atoms with E-state index >= 15 is 0 Å². The summed E-state index contributed by atoms with van der Waals surface area (Å²) in [4.78, 5) is 2.37. The molecule has 1 unspecified atom stereocenters. The first kappa shape index (κ1) is 13.2. The van der Waals surface area contributed by atoms with Crippen LogP contribution in [0.3, 0.4) is 0 Å². The molecule has 0 saturated carbocycles. The summed E-state index contributed by atoms with van der Waals surface area (Å²) >= 11 is 8.19. The molecule has 2 nitrogen and oxygen atoms in total. The van der Waals surface area contributed by atoms with Crippen molar-refractivity contribution in [1.82, 2.24) is 4.90 Å². The van der Waals surface area contributed by atoms with Crippen LogP contribution >= 0.6 is 23.4 Å². The Bertz CT molecular complexity index is 377. The maximum atomic E-state index is 6.20. The van der Waals surface area contributed by atoms with Crippen molar-refractivity contribution < 1.29 is 0 Å². The topological polar surface area (TPSA) is 29.3 Å². The van der Waals surface area contributed by atoms with E-state index in [0.717, 1.165) is 23.9 Å². The van der Waals surface area contributed by atoms with E-state index in [9.17, 15) is 0 Å². The monoisotopic (exact) mass is 270 g/mol. The number of thioether (sulfide) groups is 1. The van der Waals surface area contributed by atoms with Crippen LogP contribution in [0.4, 0.5) is 0 Å². The van der Waals surface area contributed by atoms with Crippen molar-refractivity contribution in [2.75, 3.05) is 25.1 Å². The van der Waals surface area contributed by atoms with E-state index in [0.29, 0.717) is 0 Å². The summed E-state index contributed by atoms with van der Waals surface area (Å²) in [5, 5.41) is 0.845. The van der Waals surface area contributed by atoms with E-state index in [1.165, 1.54) is 17.7 Å². The molecule has 17 heavy (non-hydrogen) atoms. The van der Waals surface area contributed by atoms with Crippen molar-refractivity contribution in [1.29, 1.82) is 0 Å². The quantitative estimate of drug-likeness (QED) is 0.912. The van der Waals surface area contributed by atoms with Gasteiger partial charge in [-0.1, -0.05) is 29.8 Å². The number of rotatable bonds is 4. The number of nitrogens with two attached hydrogens (primary N) is 1. The Morgan fingerprint density at radius 3 is 2.82 bits per heavy atom. The van der Waals surface area contributed by atoms with Crippen LogP contribution in [0.1, 0.15) is 12.0 Å². The van der Waals surface area contributed by atoms with Crippen LogP contribution < -0.4 is 5.73 Å². The molecule has 4 heteroatoms. The number of halogens is 1. The number of hydrogen-bond acceptors (Lipinski definition) is 3. The van der Waals surface area contributed by atoms with E-state index in [2.05, 4.69) is 18.0 Å². The van der Waals surface area contributed by atoms with Gasteiger partial charge in [0.2, 0.25) is 0 Å². The fraction of sp³-hybridized carbons (Fsp3) is 0.538. The summed E-state index contributed by atoms with van der Waals surface area (Å²) < 4.78 is 0. The van der Waals surface area contributed by atoms with Gasteiger partial charge in [0.1, 0.15) is 0 Å². The highest BCUT2D eigenvalue weighted by molar-refractivity contribution is 7.99. The Morgan fingerprint density at radius 2 is 2.24 bits per heavy atom. The first-order valence-electron chi connectivity index (χ1n) is 5.90. The van der Waals surface area contributed by atoms with Crippen LogP contribution in [-0.4, -0.2) is 35.5 Å². The van der Waals surface area contributed by atoms with Crippen molar-refractivity contribution in [2.24, 2.45) is 5.73 Å². The molecule has 1 aliphatic rings. The normalized spacial score (nSPS) is 24.5. The number of hydrogen-bond donors (Lipinski definition) is 1. The Kier molecular flexibility index (Phi) is 4.36. The smallest absolute Gasteiger partial charge is 0.0451 e. The number of likely N-dealkylation sites (N-methyl/N-ethyl adjacent to an activating group) is 1. The van der Waals surface area contributed by atoms with Gasteiger partial charge in [0.15, 0.2) is 0 Å². The van der Waals surface area contributed by atoms with Gasteiger partial charge in [0, 0.05) is 29.4 Å². The summed E-state index contributed by atoms with van der Waals surface area (Å²) in [7, 11) is 2.15. The lowest BCUT2D eigenvalue weighted by atomic mass is 9.96. The standard InChI is InChI=1S/C13H19ClN2S/c1-16(13(9-15)6-7-17-10-13)8-11-4-2-3-5-12(11)14/h2-5H,6-10,15H2,1H3. The molecule has 94 valence electrons. The van der Waals surface area contributed by atoms with Gasteiger partial charge in [-0.25, -0.2) is 0 Å².